The number of rotatable bonds is 4. The summed E-state index contributed by atoms with van der Waals surface area (Å²) in [5, 5.41) is 12.9. The predicted molar refractivity (Wildman–Crippen MR) is 72.6 cm³/mol. The van der Waals surface area contributed by atoms with Gasteiger partial charge in [0.05, 0.1) is 11.9 Å². The third-order valence-electron chi connectivity index (χ3n) is 3.95. The Hall–Kier alpha value is -0.700. The minimum Gasteiger partial charge on any atom is -0.388 e. The first kappa shape index (κ1) is 15.7. The first-order chi connectivity index (χ1) is 9.32. The molecule has 2 aliphatic heterocycles. The molecule has 2 aliphatic rings. The smallest absolute Gasteiger partial charge is 0.238 e. The molecule has 0 aromatic heterocycles. The summed E-state index contributed by atoms with van der Waals surface area (Å²) in [6.45, 7) is 1.48. The zero-order chi connectivity index (χ0) is 14.8. The van der Waals surface area contributed by atoms with Crippen LogP contribution in [0, 0.1) is 0 Å². The Bertz CT molecular complexity index is 458. The lowest BCUT2D eigenvalue weighted by atomic mass is 9.94. The minimum absolute atomic E-state index is 0.142. The van der Waals surface area contributed by atoms with E-state index in [0.29, 0.717) is 45.4 Å². The van der Waals surface area contributed by atoms with Gasteiger partial charge in [-0.2, -0.15) is 4.31 Å². The van der Waals surface area contributed by atoms with Gasteiger partial charge in [0, 0.05) is 39.1 Å². The van der Waals surface area contributed by atoms with Crippen molar-refractivity contribution >= 4 is 15.9 Å². The van der Waals surface area contributed by atoms with Gasteiger partial charge in [-0.15, -0.1) is 0 Å². The van der Waals surface area contributed by atoms with Crippen LogP contribution in [0.15, 0.2) is 0 Å². The molecule has 2 heterocycles. The average molecular weight is 306 g/mol. The van der Waals surface area contributed by atoms with E-state index in [1.165, 1.54) is 4.31 Å². The van der Waals surface area contributed by atoms with E-state index in [1.807, 2.05) is 0 Å². The number of amides is 1. The van der Waals surface area contributed by atoms with Gasteiger partial charge < -0.3 is 15.2 Å². The summed E-state index contributed by atoms with van der Waals surface area (Å²) in [6, 6.07) is -0.645. The third kappa shape index (κ3) is 3.69. The molecule has 0 spiro atoms. The molecule has 0 bridgehead atoms. The van der Waals surface area contributed by atoms with E-state index in [0.717, 1.165) is 6.26 Å². The zero-order valence-corrected chi connectivity index (χ0v) is 12.5. The molecule has 2 rings (SSSR count). The molecule has 2 fully saturated rings. The molecule has 2 N–H and O–H groups in total. The molecular weight excluding hydrogens is 284 g/mol. The fraction of sp³-hybridized carbons (Fsp3) is 0.917. The topological polar surface area (TPSA) is 95.9 Å². The van der Waals surface area contributed by atoms with Crippen LogP contribution in [0.1, 0.15) is 25.7 Å². The van der Waals surface area contributed by atoms with Crippen molar-refractivity contribution in [3.8, 4) is 0 Å². The minimum atomic E-state index is -3.37. The summed E-state index contributed by atoms with van der Waals surface area (Å²) in [5.74, 6) is -0.326. The molecule has 0 aromatic carbocycles. The Morgan fingerprint density at radius 1 is 1.45 bits per heavy atom. The largest absolute Gasteiger partial charge is 0.388 e. The second kappa shape index (κ2) is 5.97. The van der Waals surface area contributed by atoms with Gasteiger partial charge in [0.15, 0.2) is 0 Å². The highest BCUT2D eigenvalue weighted by Crippen LogP contribution is 2.22. The van der Waals surface area contributed by atoms with Gasteiger partial charge in [0.1, 0.15) is 6.04 Å². The van der Waals surface area contributed by atoms with E-state index in [9.17, 15) is 18.3 Å². The molecule has 0 aromatic rings. The Morgan fingerprint density at radius 3 is 2.70 bits per heavy atom. The van der Waals surface area contributed by atoms with Crippen LogP contribution in [0.4, 0.5) is 0 Å². The third-order valence-corrected chi connectivity index (χ3v) is 5.24. The number of sulfonamides is 1. The van der Waals surface area contributed by atoms with Crippen LogP contribution in [0.25, 0.3) is 0 Å². The quantitative estimate of drug-likeness (QED) is 0.699. The molecule has 8 heteroatoms. The Balaban J connectivity index is 1.91. The van der Waals surface area contributed by atoms with Crippen molar-refractivity contribution in [3.63, 3.8) is 0 Å². The van der Waals surface area contributed by atoms with Crippen molar-refractivity contribution < 1.29 is 23.1 Å². The van der Waals surface area contributed by atoms with E-state index in [1.54, 1.807) is 0 Å². The fourth-order valence-corrected chi connectivity index (χ4v) is 3.82. The fourth-order valence-electron chi connectivity index (χ4n) is 2.70. The van der Waals surface area contributed by atoms with Gasteiger partial charge in [-0.1, -0.05) is 0 Å². The van der Waals surface area contributed by atoms with Crippen LogP contribution in [-0.4, -0.2) is 67.9 Å². The Labute approximate surface area is 119 Å². The van der Waals surface area contributed by atoms with Crippen molar-refractivity contribution in [2.45, 2.75) is 37.3 Å². The molecule has 1 atom stereocenters. The normalized spacial score (nSPS) is 27.4. The van der Waals surface area contributed by atoms with Crippen LogP contribution < -0.4 is 5.32 Å². The molecule has 0 radical (unpaired) electrons. The molecule has 0 aliphatic carbocycles. The highest BCUT2D eigenvalue weighted by Gasteiger charge is 2.37. The van der Waals surface area contributed by atoms with Gasteiger partial charge in [-0.25, -0.2) is 8.42 Å². The predicted octanol–water partition coefficient (Wildman–Crippen LogP) is -0.932. The van der Waals surface area contributed by atoms with Gasteiger partial charge in [-0.3, -0.25) is 4.79 Å². The molecule has 116 valence electrons. The van der Waals surface area contributed by atoms with Crippen molar-refractivity contribution in [2.24, 2.45) is 0 Å². The second-order valence-corrected chi connectivity index (χ2v) is 7.52. The number of ether oxygens (including phenoxy) is 1. The summed E-state index contributed by atoms with van der Waals surface area (Å²) < 4.78 is 29.6. The maximum atomic E-state index is 12.1. The van der Waals surface area contributed by atoms with Crippen LogP contribution in [0.2, 0.25) is 0 Å². The maximum absolute atomic E-state index is 12.1. The number of carbonyl (C=O) groups excluding carboxylic acids is 1. The highest BCUT2D eigenvalue weighted by molar-refractivity contribution is 7.88. The number of nitrogens with zero attached hydrogens (tertiary/aromatic N) is 1. The summed E-state index contributed by atoms with van der Waals surface area (Å²) in [7, 11) is -3.37. The highest BCUT2D eigenvalue weighted by atomic mass is 32.2. The van der Waals surface area contributed by atoms with Crippen LogP contribution in [-0.2, 0) is 19.6 Å². The maximum Gasteiger partial charge on any atom is 0.238 e. The van der Waals surface area contributed by atoms with Crippen LogP contribution in [0.5, 0.6) is 0 Å². The first-order valence-electron chi connectivity index (χ1n) is 6.86. The molecule has 0 saturated carbocycles. The number of aliphatic hydroxyl groups is 1. The molecule has 2 saturated heterocycles. The molecule has 1 unspecified atom stereocenters. The molecule has 20 heavy (non-hydrogen) atoms. The molecule has 7 nitrogen and oxygen atoms in total. The number of hydrogen-bond donors (Lipinski definition) is 2. The summed E-state index contributed by atoms with van der Waals surface area (Å²) in [4.78, 5) is 12.1. The lowest BCUT2D eigenvalue weighted by molar-refractivity contribution is -0.127. The molecular formula is C12H22N2O5S. The van der Waals surface area contributed by atoms with Gasteiger partial charge in [-0.05, 0) is 12.8 Å². The van der Waals surface area contributed by atoms with Gasteiger partial charge in [0.2, 0.25) is 15.9 Å². The van der Waals surface area contributed by atoms with E-state index in [-0.39, 0.29) is 12.5 Å². The van der Waals surface area contributed by atoms with Crippen LogP contribution >= 0.6 is 0 Å². The number of nitrogens with one attached hydrogen (secondary N) is 1. The van der Waals surface area contributed by atoms with Gasteiger partial charge in [0.25, 0.3) is 0 Å². The lowest BCUT2D eigenvalue weighted by Crippen LogP contribution is -2.51. The Morgan fingerprint density at radius 2 is 2.10 bits per heavy atom. The average Bonchev–Trinajstić information content (AvgIpc) is 2.86. The summed E-state index contributed by atoms with van der Waals surface area (Å²) in [6.07, 6.45) is 3.29. The molecule has 1 amide bonds. The zero-order valence-electron chi connectivity index (χ0n) is 11.7. The van der Waals surface area contributed by atoms with E-state index in [2.05, 4.69) is 5.32 Å². The SMILES string of the molecule is CS(=O)(=O)N1CCCC1C(=O)NCC1(O)CCOCC1. The van der Waals surface area contributed by atoms with Crippen molar-refractivity contribution in [1.82, 2.24) is 9.62 Å². The Kier molecular flexibility index (Phi) is 4.68. The van der Waals surface area contributed by atoms with Crippen molar-refractivity contribution in [3.05, 3.63) is 0 Å². The summed E-state index contributed by atoms with van der Waals surface area (Å²) >= 11 is 0. The number of carbonyl (C=O) groups is 1. The van der Waals surface area contributed by atoms with E-state index >= 15 is 0 Å². The monoisotopic (exact) mass is 306 g/mol. The summed E-state index contributed by atoms with van der Waals surface area (Å²) in [5.41, 5.74) is -0.942. The van der Waals surface area contributed by atoms with E-state index in [4.69, 9.17) is 4.74 Å². The first-order valence-corrected chi connectivity index (χ1v) is 8.71. The number of hydrogen-bond acceptors (Lipinski definition) is 5. The lowest BCUT2D eigenvalue weighted by Gasteiger charge is -2.32. The van der Waals surface area contributed by atoms with E-state index < -0.39 is 21.7 Å². The van der Waals surface area contributed by atoms with Crippen molar-refractivity contribution in [2.75, 3.05) is 32.6 Å². The van der Waals surface area contributed by atoms with Gasteiger partial charge >= 0.3 is 0 Å². The standard InChI is InChI=1S/C12H22N2O5S/c1-20(17,18)14-6-2-3-10(14)11(15)13-9-12(16)4-7-19-8-5-12/h10,16H,2-9H2,1H3,(H,13,15). The van der Waals surface area contributed by atoms with Crippen molar-refractivity contribution in [1.29, 1.82) is 0 Å². The second-order valence-electron chi connectivity index (χ2n) is 5.59. The van der Waals surface area contributed by atoms with Crippen LogP contribution in [0.3, 0.4) is 0 Å².